The third-order valence-corrected chi connectivity index (χ3v) is 3.20. The van der Waals surface area contributed by atoms with Gasteiger partial charge in [0.15, 0.2) is 11.5 Å². The minimum absolute atomic E-state index is 0.528. The molecule has 0 amide bonds. The van der Waals surface area contributed by atoms with Gasteiger partial charge in [-0.3, -0.25) is 0 Å². The van der Waals surface area contributed by atoms with E-state index < -0.39 is 5.54 Å². The molecule has 1 aromatic rings. The third-order valence-electron chi connectivity index (χ3n) is 3.20. The van der Waals surface area contributed by atoms with Gasteiger partial charge in [-0.05, 0) is 43.9 Å². The molecule has 0 saturated carbocycles. The molecule has 0 radical (unpaired) electrons. The number of aryl methyl sites for hydroxylation is 1. The van der Waals surface area contributed by atoms with Crippen molar-refractivity contribution in [3.8, 4) is 17.6 Å². The Morgan fingerprint density at radius 3 is 2.68 bits per heavy atom. The molecule has 0 aliphatic carbocycles. The predicted octanol–water partition coefficient (Wildman–Crippen LogP) is 2.79. The standard InChI is InChI=1S/C15H22N2O2/c1-4-15(17,11-16)8-5-9-19-13-7-6-12(2)10-14(13)18-3/h6-7,10H,4-5,8-9,17H2,1-3H3. The summed E-state index contributed by atoms with van der Waals surface area (Å²) in [5.41, 5.74) is 6.30. The minimum atomic E-state index is -0.735. The van der Waals surface area contributed by atoms with Crippen molar-refractivity contribution in [2.75, 3.05) is 13.7 Å². The first-order valence-corrected chi connectivity index (χ1v) is 6.52. The zero-order chi connectivity index (χ0) is 14.3. The Hall–Kier alpha value is -1.73. The molecule has 0 bridgehead atoms. The topological polar surface area (TPSA) is 68.3 Å². The van der Waals surface area contributed by atoms with E-state index >= 15 is 0 Å². The average Bonchev–Trinajstić information content (AvgIpc) is 2.44. The first kappa shape index (κ1) is 15.3. The van der Waals surface area contributed by atoms with E-state index in [0.29, 0.717) is 19.4 Å². The second-order valence-corrected chi connectivity index (χ2v) is 4.73. The van der Waals surface area contributed by atoms with Crippen LogP contribution in [0.25, 0.3) is 0 Å². The summed E-state index contributed by atoms with van der Waals surface area (Å²) in [5.74, 6) is 1.46. The first-order chi connectivity index (χ1) is 9.04. The van der Waals surface area contributed by atoms with Crippen molar-refractivity contribution in [3.05, 3.63) is 23.8 Å². The highest BCUT2D eigenvalue weighted by atomic mass is 16.5. The van der Waals surface area contributed by atoms with Gasteiger partial charge in [-0.1, -0.05) is 13.0 Å². The number of nitrogens with zero attached hydrogens (tertiary/aromatic N) is 1. The number of hydrogen-bond donors (Lipinski definition) is 1. The van der Waals surface area contributed by atoms with E-state index in [-0.39, 0.29) is 0 Å². The summed E-state index contributed by atoms with van der Waals surface area (Å²) in [6, 6.07) is 7.96. The molecule has 0 heterocycles. The van der Waals surface area contributed by atoms with Crippen LogP contribution >= 0.6 is 0 Å². The Morgan fingerprint density at radius 1 is 1.37 bits per heavy atom. The maximum Gasteiger partial charge on any atom is 0.161 e. The molecule has 0 fully saturated rings. The van der Waals surface area contributed by atoms with Crippen molar-refractivity contribution in [2.45, 2.75) is 38.6 Å². The van der Waals surface area contributed by atoms with Crippen LogP contribution in [-0.4, -0.2) is 19.3 Å². The van der Waals surface area contributed by atoms with Crippen LogP contribution in [0.1, 0.15) is 31.7 Å². The van der Waals surface area contributed by atoms with Crippen LogP contribution in [-0.2, 0) is 0 Å². The lowest BCUT2D eigenvalue weighted by atomic mass is 9.94. The largest absolute Gasteiger partial charge is 0.493 e. The van der Waals surface area contributed by atoms with E-state index in [2.05, 4.69) is 6.07 Å². The van der Waals surface area contributed by atoms with E-state index in [4.69, 9.17) is 20.5 Å². The maximum atomic E-state index is 8.98. The predicted molar refractivity (Wildman–Crippen MR) is 75.3 cm³/mol. The minimum Gasteiger partial charge on any atom is -0.493 e. The molecule has 0 saturated heterocycles. The maximum absolute atomic E-state index is 8.98. The molecule has 0 aromatic heterocycles. The van der Waals surface area contributed by atoms with E-state index in [1.165, 1.54) is 0 Å². The van der Waals surface area contributed by atoms with Crippen LogP contribution < -0.4 is 15.2 Å². The number of nitrogens with two attached hydrogens (primary N) is 1. The summed E-state index contributed by atoms with van der Waals surface area (Å²) < 4.78 is 10.9. The second-order valence-electron chi connectivity index (χ2n) is 4.73. The number of hydrogen-bond acceptors (Lipinski definition) is 4. The van der Waals surface area contributed by atoms with Gasteiger partial charge in [-0.15, -0.1) is 0 Å². The smallest absolute Gasteiger partial charge is 0.161 e. The zero-order valence-corrected chi connectivity index (χ0v) is 11.9. The quantitative estimate of drug-likeness (QED) is 0.767. The Kier molecular flexibility index (Phi) is 5.65. The van der Waals surface area contributed by atoms with Gasteiger partial charge >= 0.3 is 0 Å². The van der Waals surface area contributed by atoms with Crippen molar-refractivity contribution in [2.24, 2.45) is 5.73 Å². The molecule has 1 atom stereocenters. The molecule has 19 heavy (non-hydrogen) atoms. The van der Waals surface area contributed by atoms with Crippen molar-refractivity contribution in [3.63, 3.8) is 0 Å². The Balaban J connectivity index is 2.48. The van der Waals surface area contributed by atoms with Gasteiger partial charge in [0.25, 0.3) is 0 Å². The Bertz CT molecular complexity index is 454. The number of rotatable bonds is 7. The van der Waals surface area contributed by atoms with Crippen LogP contribution in [0.5, 0.6) is 11.5 Å². The fraction of sp³-hybridized carbons (Fsp3) is 0.533. The molecular formula is C15H22N2O2. The monoisotopic (exact) mass is 262 g/mol. The van der Waals surface area contributed by atoms with Gasteiger partial charge in [-0.2, -0.15) is 5.26 Å². The fourth-order valence-electron chi connectivity index (χ4n) is 1.78. The van der Waals surface area contributed by atoms with Gasteiger partial charge < -0.3 is 15.2 Å². The molecule has 4 nitrogen and oxygen atoms in total. The molecule has 104 valence electrons. The van der Waals surface area contributed by atoms with Crippen LogP contribution in [0.2, 0.25) is 0 Å². The molecule has 0 spiro atoms. The number of methoxy groups -OCH3 is 1. The molecule has 1 rings (SSSR count). The highest BCUT2D eigenvalue weighted by molar-refractivity contribution is 5.42. The van der Waals surface area contributed by atoms with Gasteiger partial charge in [0, 0.05) is 0 Å². The summed E-state index contributed by atoms with van der Waals surface area (Å²) in [6.45, 7) is 4.45. The first-order valence-electron chi connectivity index (χ1n) is 6.52. The van der Waals surface area contributed by atoms with E-state index in [0.717, 1.165) is 23.5 Å². The highest BCUT2D eigenvalue weighted by Crippen LogP contribution is 2.28. The van der Waals surface area contributed by atoms with Crippen LogP contribution in [0.15, 0.2) is 18.2 Å². The number of benzene rings is 1. The average molecular weight is 262 g/mol. The molecule has 0 aliphatic rings. The van der Waals surface area contributed by atoms with Crippen molar-refractivity contribution < 1.29 is 9.47 Å². The normalized spacial score (nSPS) is 13.4. The van der Waals surface area contributed by atoms with E-state index in [1.54, 1.807) is 7.11 Å². The van der Waals surface area contributed by atoms with Crippen LogP contribution in [0.4, 0.5) is 0 Å². The summed E-state index contributed by atoms with van der Waals surface area (Å²) in [4.78, 5) is 0. The molecule has 4 heteroatoms. The Labute approximate surface area is 115 Å². The van der Waals surface area contributed by atoms with E-state index in [9.17, 15) is 0 Å². The van der Waals surface area contributed by atoms with Crippen molar-refractivity contribution >= 4 is 0 Å². The van der Waals surface area contributed by atoms with Gasteiger partial charge in [0.2, 0.25) is 0 Å². The van der Waals surface area contributed by atoms with Crippen LogP contribution in [0.3, 0.4) is 0 Å². The van der Waals surface area contributed by atoms with Crippen molar-refractivity contribution in [1.82, 2.24) is 0 Å². The summed E-state index contributed by atoms with van der Waals surface area (Å²) in [7, 11) is 1.62. The lowest BCUT2D eigenvalue weighted by Crippen LogP contribution is -2.37. The lowest BCUT2D eigenvalue weighted by Gasteiger charge is -2.19. The summed E-state index contributed by atoms with van der Waals surface area (Å²) in [6.07, 6.45) is 2.03. The van der Waals surface area contributed by atoms with Gasteiger partial charge in [0.1, 0.15) is 5.54 Å². The molecule has 1 aromatic carbocycles. The van der Waals surface area contributed by atoms with E-state index in [1.807, 2.05) is 32.0 Å². The molecular weight excluding hydrogens is 240 g/mol. The lowest BCUT2D eigenvalue weighted by molar-refractivity contribution is 0.275. The Morgan fingerprint density at radius 2 is 2.11 bits per heavy atom. The number of ether oxygens (including phenoxy) is 2. The summed E-state index contributed by atoms with van der Waals surface area (Å²) in [5, 5.41) is 8.98. The molecule has 2 N–H and O–H groups in total. The van der Waals surface area contributed by atoms with Crippen molar-refractivity contribution in [1.29, 1.82) is 5.26 Å². The number of nitriles is 1. The van der Waals surface area contributed by atoms with Gasteiger partial charge in [0.05, 0.1) is 19.8 Å². The highest BCUT2D eigenvalue weighted by Gasteiger charge is 2.21. The zero-order valence-electron chi connectivity index (χ0n) is 11.9. The summed E-state index contributed by atoms with van der Waals surface area (Å²) >= 11 is 0. The molecule has 1 unspecified atom stereocenters. The molecule has 0 aliphatic heterocycles. The van der Waals surface area contributed by atoms with Crippen LogP contribution in [0, 0.1) is 18.3 Å². The SMILES string of the molecule is CCC(N)(C#N)CCCOc1ccc(C)cc1OC. The second kappa shape index (κ2) is 7.01. The fourth-order valence-corrected chi connectivity index (χ4v) is 1.78. The van der Waals surface area contributed by atoms with Gasteiger partial charge in [-0.25, -0.2) is 0 Å². The third kappa shape index (κ3) is 4.46.